The topological polar surface area (TPSA) is 95.9 Å². The Balaban J connectivity index is 1.76. The number of carboxylic acids is 1. The molecule has 28 heavy (non-hydrogen) atoms. The summed E-state index contributed by atoms with van der Waals surface area (Å²) in [6.45, 7) is 0.270. The van der Waals surface area contributed by atoms with Gasteiger partial charge in [-0.05, 0) is 41.0 Å². The second-order valence-electron chi connectivity index (χ2n) is 6.16. The average Bonchev–Trinajstić information content (AvgIpc) is 2.71. The first kappa shape index (κ1) is 19.0. The Morgan fingerprint density at radius 1 is 0.857 bits per heavy atom. The van der Waals surface area contributed by atoms with Gasteiger partial charge in [-0.25, -0.2) is 9.59 Å². The SMILES string of the molecule is O=C(O)N[C@@H](c1ccccc1)c1cccc(OCc2ccc(C(=O)O)cc2)c1. The van der Waals surface area contributed by atoms with Gasteiger partial charge < -0.3 is 20.3 Å². The molecule has 0 aliphatic heterocycles. The maximum Gasteiger partial charge on any atom is 0.405 e. The maximum absolute atomic E-state index is 11.2. The Kier molecular flexibility index (Phi) is 5.91. The molecule has 3 aromatic carbocycles. The van der Waals surface area contributed by atoms with E-state index in [1.807, 2.05) is 36.4 Å². The highest BCUT2D eigenvalue weighted by Crippen LogP contribution is 2.25. The molecular weight excluding hydrogens is 358 g/mol. The van der Waals surface area contributed by atoms with E-state index in [2.05, 4.69) is 5.32 Å². The Hall–Kier alpha value is -3.80. The summed E-state index contributed by atoms with van der Waals surface area (Å²) in [5, 5.41) is 20.7. The van der Waals surface area contributed by atoms with Gasteiger partial charge in [-0.15, -0.1) is 0 Å². The van der Waals surface area contributed by atoms with E-state index >= 15 is 0 Å². The van der Waals surface area contributed by atoms with Gasteiger partial charge >= 0.3 is 12.1 Å². The molecule has 0 saturated carbocycles. The van der Waals surface area contributed by atoms with Crippen LogP contribution in [0.3, 0.4) is 0 Å². The molecule has 1 atom stereocenters. The molecule has 1 amide bonds. The summed E-state index contributed by atoms with van der Waals surface area (Å²) in [4.78, 5) is 22.2. The van der Waals surface area contributed by atoms with Gasteiger partial charge in [-0.2, -0.15) is 0 Å². The molecule has 3 aromatic rings. The third-order valence-electron chi connectivity index (χ3n) is 4.20. The number of carboxylic acid groups (broad SMARTS) is 2. The van der Waals surface area contributed by atoms with Crippen LogP contribution in [0.25, 0.3) is 0 Å². The first-order valence-electron chi connectivity index (χ1n) is 8.62. The van der Waals surface area contributed by atoms with Crippen molar-refractivity contribution in [3.8, 4) is 5.75 Å². The van der Waals surface area contributed by atoms with Crippen molar-refractivity contribution < 1.29 is 24.5 Å². The number of rotatable bonds is 7. The van der Waals surface area contributed by atoms with Gasteiger partial charge in [-0.3, -0.25) is 0 Å². The summed E-state index contributed by atoms with van der Waals surface area (Å²) in [6, 6.07) is 22.5. The molecule has 0 aromatic heterocycles. The number of amides is 1. The van der Waals surface area contributed by atoms with Crippen molar-refractivity contribution in [1.29, 1.82) is 0 Å². The molecule has 0 aliphatic rings. The van der Waals surface area contributed by atoms with Crippen LogP contribution in [0.1, 0.15) is 33.1 Å². The van der Waals surface area contributed by atoms with Gasteiger partial charge in [0.15, 0.2) is 0 Å². The van der Waals surface area contributed by atoms with Crippen molar-refractivity contribution in [2.45, 2.75) is 12.6 Å². The zero-order valence-electron chi connectivity index (χ0n) is 14.9. The zero-order chi connectivity index (χ0) is 19.9. The molecule has 0 heterocycles. The first-order valence-corrected chi connectivity index (χ1v) is 8.62. The van der Waals surface area contributed by atoms with Crippen molar-refractivity contribution in [2.24, 2.45) is 0 Å². The summed E-state index contributed by atoms with van der Waals surface area (Å²) in [6.07, 6.45) is -1.11. The largest absolute Gasteiger partial charge is 0.489 e. The highest BCUT2D eigenvalue weighted by Gasteiger charge is 2.16. The van der Waals surface area contributed by atoms with Crippen LogP contribution in [-0.4, -0.2) is 22.3 Å². The summed E-state index contributed by atoms with van der Waals surface area (Å²) >= 11 is 0. The van der Waals surface area contributed by atoms with E-state index in [-0.39, 0.29) is 12.2 Å². The quantitative estimate of drug-likeness (QED) is 0.570. The molecule has 6 heteroatoms. The molecule has 0 saturated heterocycles. The van der Waals surface area contributed by atoms with Gasteiger partial charge in [0.05, 0.1) is 11.6 Å². The Labute approximate surface area is 162 Å². The van der Waals surface area contributed by atoms with E-state index in [0.717, 1.165) is 16.7 Å². The van der Waals surface area contributed by atoms with Crippen LogP contribution < -0.4 is 10.1 Å². The smallest absolute Gasteiger partial charge is 0.405 e. The van der Waals surface area contributed by atoms with Crippen LogP contribution in [-0.2, 0) is 6.61 Å². The van der Waals surface area contributed by atoms with Crippen LogP contribution in [0.2, 0.25) is 0 Å². The standard InChI is InChI=1S/C22H19NO5/c24-21(25)17-11-9-15(10-12-17)14-28-19-8-4-7-18(13-19)20(23-22(26)27)16-5-2-1-3-6-16/h1-13,20,23H,14H2,(H,24,25)(H,26,27)/t20-/m0/s1. The van der Waals surface area contributed by atoms with Crippen LogP contribution in [0, 0.1) is 0 Å². The lowest BCUT2D eigenvalue weighted by atomic mass is 9.98. The van der Waals surface area contributed by atoms with Crippen LogP contribution in [0.5, 0.6) is 5.75 Å². The molecule has 0 fully saturated rings. The van der Waals surface area contributed by atoms with E-state index in [4.69, 9.17) is 9.84 Å². The normalized spacial score (nSPS) is 11.4. The van der Waals surface area contributed by atoms with E-state index in [0.29, 0.717) is 5.75 Å². The summed E-state index contributed by atoms with van der Waals surface area (Å²) in [7, 11) is 0. The highest BCUT2D eigenvalue weighted by molar-refractivity contribution is 5.87. The lowest BCUT2D eigenvalue weighted by Crippen LogP contribution is -2.27. The van der Waals surface area contributed by atoms with Crippen molar-refractivity contribution in [3.05, 3.63) is 101 Å². The zero-order valence-corrected chi connectivity index (χ0v) is 14.9. The van der Waals surface area contributed by atoms with Gasteiger partial charge in [-0.1, -0.05) is 54.6 Å². The predicted molar refractivity (Wildman–Crippen MR) is 104 cm³/mol. The molecule has 0 bridgehead atoms. The van der Waals surface area contributed by atoms with Gasteiger partial charge in [0.1, 0.15) is 12.4 Å². The molecule has 6 nitrogen and oxygen atoms in total. The lowest BCUT2D eigenvalue weighted by Gasteiger charge is -2.19. The molecule has 3 N–H and O–H groups in total. The van der Waals surface area contributed by atoms with E-state index in [1.165, 1.54) is 12.1 Å². The molecule has 0 spiro atoms. The third kappa shape index (κ3) is 4.88. The number of nitrogens with one attached hydrogen (secondary N) is 1. The number of hydrogen-bond acceptors (Lipinski definition) is 3. The van der Waals surface area contributed by atoms with Crippen LogP contribution >= 0.6 is 0 Å². The van der Waals surface area contributed by atoms with Crippen molar-refractivity contribution in [2.75, 3.05) is 0 Å². The average molecular weight is 377 g/mol. The maximum atomic E-state index is 11.2. The third-order valence-corrected chi connectivity index (χ3v) is 4.20. The minimum absolute atomic E-state index is 0.219. The number of ether oxygens (including phenoxy) is 1. The van der Waals surface area contributed by atoms with Crippen molar-refractivity contribution >= 4 is 12.1 Å². The number of benzene rings is 3. The van der Waals surface area contributed by atoms with E-state index < -0.39 is 18.1 Å². The summed E-state index contributed by atoms with van der Waals surface area (Å²) < 4.78 is 5.80. The number of aromatic carboxylic acids is 1. The Bertz CT molecular complexity index is 954. The van der Waals surface area contributed by atoms with E-state index in [9.17, 15) is 14.7 Å². The van der Waals surface area contributed by atoms with Crippen molar-refractivity contribution in [1.82, 2.24) is 5.32 Å². The second kappa shape index (κ2) is 8.73. The lowest BCUT2D eigenvalue weighted by molar-refractivity contribution is 0.0696. The minimum atomic E-state index is -1.11. The number of hydrogen-bond donors (Lipinski definition) is 3. The van der Waals surface area contributed by atoms with E-state index in [1.54, 1.807) is 30.3 Å². The Morgan fingerprint density at radius 3 is 2.18 bits per heavy atom. The van der Waals surface area contributed by atoms with Gasteiger partial charge in [0.25, 0.3) is 0 Å². The molecule has 142 valence electrons. The minimum Gasteiger partial charge on any atom is -0.489 e. The highest BCUT2D eigenvalue weighted by atomic mass is 16.5. The number of carbonyl (C=O) groups is 2. The molecule has 3 rings (SSSR count). The van der Waals surface area contributed by atoms with Gasteiger partial charge in [0.2, 0.25) is 0 Å². The second-order valence-corrected chi connectivity index (χ2v) is 6.16. The summed E-state index contributed by atoms with van der Waals surface area (Å²) in [5.41, 5.74) is 2.63. The molecule has 0 unspecified atom stereocenters. The molecule has 0 aliphatic carbocycles. The molecular formula is C22H19NO5. The summed E-state index contributed by atoms with van der Waals surface area (Å²) in [5.74, 6) is -0.383. The van der Waals surface area contributed by atoms with Crippen molar-refractivity contribution in [3.63, 3.8) is 0 Å². The fourth-order valence-corrected chi connectivity index (χ4v) is 2.82. The molecule has 0 radical (unpaired) electrons. The Morgan fingerprint density at radius 2 is 1.54 bits per heavy atom. The van der Waals surface area contributed by atoms with Crippen LogP contribution in [0.15, 0.2) is 78.9 Å². The van der Waals surface area contributed by atoms with Crippen LogP contribution in [0.4, 0.5) is 4.79 Å². The van der Waals surface area contributed by atoms with Gasteiger partial charge in [0, 0.05) is 0 Å². The monoisotopic (exact) mass is 377 g/mol. The fourth-order valence-electron chi connectivity index (χ4n) is 2.82. The predicted octanol–water partition coefficient (Wildman–Crippen LogP) is 4.32. The first-order chi connectivity index (χ1) is 13.5. The fraction of sp³-hybridized carbons (Fsp3) is 0.0909.